The predicted molar refractivity (Wildman–Crippen MR) is 103 cm³/mol. The van der Waals surface area contributed by atoms with E-state index in [1.807, 2.05) is 13.8 Å². The van der Waals surface area contributed by atoms with E-state index in [9.17, 15) is 10.1 Å². The highest BCUT2D eigenvalue weighted by Gasteiger charge is 2.17. The van der Waals surface area contributed by atoms with Gasteiger partial charge in [0, 0.05) is 12.1 Å². The second kappa shape index (κ2) is 9.69. The molecule has 0 N–H and O–H groups in total. The number of nitro benzene ring substituents is 1. The van der Waals surface area contributed by atoms with Crippen molar-refractivity contribution in [2.45, 2.75) is 26.7 Å². The summed E-state index contributed by atoms with van der Waals surface area (Å²) in [4.78, 5) is 9.82. The van der Waals surface area contributed by atoms with Crippen LogP contribution in [0.1, 0.15) is 25.0 Å². The zero-order valence-electron chi connectivity index (χ0n) is 12.9. The van der Waals surface area contributed by atoms with Crippen LogP contribution >= 0.6 is 58.0 Å². The highest BCUT2D eigenvalue weighted by atomic mass is 35.5. The largest absolute Gasteiger partial charge is 0.269 e. The molecule has 2 rings (SSSR count). The van der Waals surface area contributed by atoms with E-state index >= 15 is 0 Å². The van der Waals surface area contributed by atoms with Crippen LogP contribution in [0.4, 0.5) is 5.69 Å². The Kier molecular flexibility index (Phi) is 8.61. The van der Waals surface area contributed by atoms with Gasteiger partial charge in [0.2, 0.25) is 0 Å². The molecule has 3 nitrogen and oxygen atoms in total. The lowest BCUT2D eigenvalue weighted by atomic mass is 10.2. The van der Waals surface area contributed by atoms with Gasteiger partial charge in [-0.05, 0) is 24.0 Å². The van der Waals surface area contributed by atoms with Crippen LogP contribution in [0.3, 0.4) is 0 Å². The molecule has 0 amide bonds. The van der Waals surface area contributed by atoms with Crippen molar-refractivity contribution in [3.05, 3.63) is 70.6 Å². The first-order valence-electron chi connectivity index (χ1n) is 6.98. The van der Waals surface area contributed by atoms with Crippen LogP contribution in [0, 0.1) is 10.1 Å². The molecule has 8 heteroatoms. The van der Waals surface area contributed by atoms with E-state index in [1.165, 1.54) is 12.1 Å². The summed E-state index contributed by atoms with van der Waals surface area (Å²) in [5, 5.41) is 11.7. The van der Waals surface area contributed by atoms with Crippen molar-refractivity contribution in [2.75, 3.05) is 0 Å². The minimum Gasteiger partial charge on any atom is -0.258 e. The maximum atomic E-state index is 10.2. The molecule has 0 aliphatic carbocycles. The van der Waals surface area contributed by atoms with E-state index in [4.69, 9.17) is 58.0 Å². The Hall–Kier alpha value is -0.710. The van der Waals surface area contributed by atoms with Crippen LogP contribution in [0.5, 0.6) is 0 Å². The zero-order valence-corrected chi connectivity index (χ0v) is 16.7. The summed E-state index contributed by atoms with van der Waals surface area (Å²) in [6.45, 7) is 3.93. The van der Waals surface area contributed by atoms with E-state index in [2.05, 4.69) is 0 Å². The molecule has 0 aromatic heterocycles. The van der Waals surface area contributed by atoms with Crippen LogP contribution in [0.25, 0.3) is 0 Å². The minimum absolute atomic E-state index is 0.155. The number of aryl methyl sites for hydroxylation is 1. The number of nitrogens with zero attached hydrogens (tertiary/aromatic N) is 1. The molecule has 130 valence electrons. The normalized spacial score (nSPS) is 10.1. The van der Waals surface area contributed by atoms with E-state index < -0.39 is 0 Å². The summed E-state index contributed by atoms with van der Waals surface area (Å²) in [5.41, 5.74) is 2.00. The predicted octanol–water partition coefficient (Wildman–Crippen LogP) is 7.67. The van der Waals surface area contributed by atoms with Gasteiger partial charge < -0.3 is 0 Å². The second-order valence-electron chi connectivity index (χ2n) is 4.68. The van der Waals surface area contributed by atoms with Crippen LogP contribution in [0.15, 0.2) is 24.3 Å². The van der Waals surface area contributed by atoms with Crippen molar-refractivity contribution in [1.82, 2.24) is 0 Å². The van der Waals surface area contributed by atoms with E-state index in [1.54, 1.807) is 12.1 Å². The Morgan fingerprint density at radius 3 is 1.54 bits per heavy atom. The monoisotopic (exact) mass is 427 g/mol. The number of benzene rings is 2. The first-order valence-corrected chi connectivity index (χ1v) is 8.87. The Morgan fingerprint density at radius 1 is 0.792 bits per heavy atom. The molecule has 0 bridgehead atoms. The highest BCUT2D eigenvalue weighted by Crippen LogP contribution is 2.43. The molecule has 0 fully saturated rings. The summed E-state index contributed by atoms with van der Waals surface area (Å²) in [7, 11) is 0. The van der Waals surface area contributed by atoms with Gasteiger partial charge in [0.05, 0.1) is 30.0 Å². The Labute approximate surface area is 165 Å². The molecule has 0 spiro atoms. The topological polar surface area (TPSA) is 43.1 Å². The third-order valence-corrected chi connectivity index (χ3v) is 5.56. The number of hydrogen-bond donors (Lipinski definition) is 0. The standard InChI is InChI=1S/C8H5Cl5.C8H9NO2/c1-2-3-4(9)6(11)8(13)7(12)5(3)10;1-2-7-3-5-8(6-4-7)9(10)11/h2H2,1H3;3-6H,2H2,1H3. The van der Waals surface area contributed by atoms with Gasteiger partial charge in [-0.15, -0.1) is 0 Å². The Morgan fingerprint density at radius 2 is 1.21 bits per heavy atom. The fourth-order valence-electron chi connectivity index (χ4n) is 1.81. The molecule has 0 aliphatic rings. The van der Waals surface area contributed by atoms with Gasteiger partial charge in [-0.1, -0.05) is 84.0 Å². The average Bonchev–Trinajstić information content (AvgIpc) is 2.59. The number of nitro groups is 1. The van der Waals surface area contributed by atoms with Gasteiger partial charge in [-0.25, -0.2) is 0 Å². The van der Waals surface area contributed by atoms with Crippen molar-refractivity contribution in [2.24, 2.45) is 0 Å². The van der Waals surface area contributed by atoms with Crippen LogP contribution < -0.4 is 0 Å². The molecule has 0 saturated heterocycles. The van der Waals surface area contributed by atoms with Gasteiger partial charge in [0.1, 0.15) is 0 Å². The third-order valence-electron chi connectivity index (χ3n) is 3.21. The molecule has 0 aliphatic heterocycles. The summed E-state index contributed by atoms with van der Waals surface area (Å²) in [6, 6.07) is 6.61. The van der Waals surface area contributed by atoms with Crippen molar-refractivity contribution < 1.29 is 4.92 Å². The molecule has 24 heavy (non-hydrogen) atoms. The van der Waals surface area contributed by atoms with Crippen molar-refractivity contribution in [3.63, 3.8) is 0 Å². The molecule has 0 heterocycles. The first-order chi connectivity index (χ1) is 11.2. The van der Waals surface area contributed by atoms with E-state index in [-0.39, 0.29) is 25.7 Å². The van der Waals surface area contributed by atoms with Gasteiger partial charge in [-0.3, -0.25) is 10.1 Å². The quantitative estimate of drug-likeness (QED) is 0.217. The van der Waals surface area contributed by atoms with E-state index in [0.717, 1.165) is 17.5 Å². The lowest BCUT2D eigenvalue weighted by Gasteiger charge is -2.10. The van der Waals surface area contributed by atoms with Crippen LogP contribution in [0.2, 0.25) is 25.1 Å². The number of hydrogen-bond acceptors (Lipinski definition) is 2. The molecular weight excluding hydrogens is 415 g/mol. The number of rotatable bonds is 3. The molecular formula is C16H14Cl5NO2. The fourth-order valence-corrected chi connectivity index (χ4v) is 3.26. The SMILES string of the molecule is CCc1c(Cl)c(Cl)c(Cl)c(Cl)c1Cl.CCc1ccc([N+](=O)[O-])cc1. The zero-order chi connectivity index (χ0) is 18.4. The van der Waals surface area contributed by atoms with Crippen molar-refractivity contribution in [1.29, 1.82) is 0 Å². The minimum atomic E-state index is -0.389. The van der Waals surface area contributed by atoms with E-state index in [0.29, 0.717) is 16.5 Å². The third kappa shape index (κ3) is 5.14. The summed E-state index contributed by atoms with van der Waals surface area (Å²) >= 11 is 29.3. The molecule has 2 aromatic rings. The van der Waals surface area contributed by atoms with Crippen molar-refractivity contribution >= 4 is 63.7 Å². The molecule has 0 atom stereocenters. The van der Waals surface area contributed by atoms with Gasteiger partial charge >= 0.3 is 0 Å². The Balaban J connectivity index is 0.000000243. The summed E-state index contributed by atoms with van der Waals surface area (Å²) in [6.07, 6.45) is 1.58. The number of non-ortho nitro benzene ring substituents is 1. The average molecular weight is 430 g/mol. The maximum Gasteiger partial charge on any atom is 0.269 e. The van der Waals surface area contributed by atoms with Gasteiger partial charge in [0.15, 0.2) is 0 Å². The molecule has 2 aromatic carbocycles. The molecule has 0 unspecified atom stereocenters. The lowest BCUT2D eigenvalue weighted by Crippen LogP contribution is -1.88. The first kappa shape index (κ1) is 21.3. The number of halogens is 5. The van der Waals surface area contributed by atoms with Crippen LogP contribution in [-0.2, 0) is 12.8 Å². The van der Waals surface area contributed by atoms with Gasteiger partial charge in [-0.2, -0.15) is 0 Å². The molecule has 0 radical (unpaired) electrons. The fraction of sp³-hybridized carbons (Fsp3) is 0.250. The summed E-state index contributed by atoms with van der Waals surface area (Å²) < 4.78 is 0. The van der Waals surface area contributed by atoms with Crippen molar-refractivity contribution in [3.8, 4) is 0 Å². The van der Waals surface area contributed by atoms with Crippen LogP contribution in [-0.4, -0.2) is 4.92 Å². The summed E-state index contributed by atoms with van der Waals surface area (Å²) in [5.74, 6) is 0. The van der Waals surface area contributed by atoms with Gasteiger partial charge in [0.25, 0.3) is 5.69 Å². The second-order valence-corrected chi connectivity index (χ2v) is 6.57. The lowest BCUT2D eigenvalue weighted by molar-refractivity contribution is -0.384. The smallest absolute Gasteiger partial charge is 0.258 e. The highest BCUT2D eigenvalue weighted by molar-refractivity contribution is 6.55. The Bertz CT molecular complexity index is 703. The maximum absolute atomic E-state index is 10.2. The molecule has 0 saturated carbocycles.